The van der Waals surface area contributed by atoms with Crippen LogP contribution in [0.15, 0.2) is 30.3 Å². The first-order valence-electron chi connectivity index (χ1n) is 6.69. The van der Waals surface area contributed by atoms with Gasteiger partial charge in [-0.25, -0.2) is 0 Å². The van der Waals surface area contributed by atoms with Crippen molar-refractivity contribution in [3.8, 4) is 0 Å². The van der Waals surface area contributed by atoms with E-state index in [1.165, 1.54) is 11.1 Å². The van der Waals surface area contributed by atoms with Crippen molar-refractivity contribution in [3.05, 3.63) is 40.9 Å². The molecule has 20 heavy (non-hydrogen) atoms. The van der Waals surface area contributed by atoms with Crippen LogP contribution in [0.1, 0.15) is 32.8 Å². The molecule has 0 bridgehead atoms. The van der Waals surface area contributed by atoms with E-state index in [-0.39, 0.29) is 5.60 Å². The van der Waals surface area contributed by atoms with Crippen LogP contribution in [0.3, 0.4) is 0 Å². The molecule has 0 amide bonds. The third-order valence-corrected chi connectivity index (χ3v) is 2.93. The van der Waals surface area contributed by atoms with E-state index in [1.807, 2.05) is 32.9 Å². The number of halogens is 1. The highest BCUT2D eigenvalue weighted by Crippen LogP contribution is 2.21. The first-order chi connectivity index (χ1) is 9.42. The summed E-state index contributed by atoms with van der Waals surface area (Å²) in [5.41, 5.74) is 2.41. The fourth-order valence-corrected chi connectivity index (χ4v) is 1.82. The molecule has 0 saturated carbocycles. The zero-order valence-corrected chi connectivity index (χ0v) is 13.0. The molecule has 0 saturated heterocycles. The average molecular weight is 296 g/mol. The van der Waals surface area contributed by atoms with Crippen LogP contribution in [-0.4, -0.2) is 25.2 Å². The maximum atomic E-state index is 9.60. The van der Waals surface area contributed by atoms with Crippen LogP contribution in [0.5, 0.6) is 0 Å². The molecule has 1 N–H and O–H groups in total. The molecule has 0 aromatic heterocycles. The Hall–Kier alpha value is -1.32. The molecule has 0 aliphatic carbocycles. The summed E-state index contributed by atoms with van der Waals surface area (Å²) >= 11 is 5.82. The lowest BCUT2D eigenvalue weighted by Gasteiger charge is -2.14. The zero-order chi connectivity index (χ0) is 15.0. The third kappa shape index (κ3) is 6.73. The Morgan fingerprint density at radius 1 is 1.25 bits per heavy atom. The van der Waals surface area contributed by atoms with Gasteiger partial charge < -0.3 is 10.1 Å². The molecule has 1 aliphatic heterocycles. The maximum absolute atomic E-state index is 9.60. The smallest absolute Gasteiger partial charge is 0.293 e. The zero-order valence-electron chi connectivity index (χ0n) is 12.3. The molecule has 0 fully saturated rings. The molecular formula is C16H22ClNO2. The SMILES string of the molecule is CC(C)(C)OC=O.Clc1ccc(C2=CCNCC2)cc1. The first kappa shape index (κ1) is 16.7. The van der Waals surface area contributed by atoms with Gasteiger partial charge in [-0.3, -0.25) is 4.79 Å². The van der Waals surface area contributed by atoms with Crippen molar-refractivity contribution in [3.63, 3.8) is 0 Å². The van der Waals surface area contributed by atoms with Crippen LogP contribution in [0.25, 0.3) is 5.57 Å². The molecule has 1 heterocycles. The van der Waals surface area contributed by atoms with E-state index in [0.29, 0.717) is 6.47 Å². The lowest BCUT2D eigenvalue weighted by atomic mass is 10.0. The van der Waals surface area contributed by atoms with Gasteiger partial charge in [-0.05, 0) is 57.0 Å². The quantitative estimate of drug-likeness (QED) is 0.846. The van der Waals surface area contributed by atoms with Crippen molar-refractivity contribution in [1.82, 2.24) is 5.32 Å². The minimum absolute atomic E-state index is 0.318. The Morgan fingerprint density at radius 2 is 1.90 bits per heavy atom. The summed E-state index contributed by atoms with van der Waals surface area (Å²) in [5, 5.41) is 4.10. The molecule has 0 atom stereocenters. The minimum atomic E-state index is -0.318. The molecule has 0 spiro atoms. The van der Waals surface area contributed by atoms with E-state index in [2.05, 4.69) is 28.3 Å². The van der Waals surface area contributed by atoms with Crippen LogP contribution in [0, 0.1) is 0 Å². The van der Waals surface area contributed by atoms with E-state index >= 15 is 0 Å². The Morgan fingerprint density at radius 3 is 2.30 bits per heavy atom. The van der Waals surface area contributed by atoms with Gasteiger partial charge in [0, 0.05) is 11.6 Å². The minimum Gasteiger partial charge on any atom is -0.462 e. The van der Waals surface area contributed by atoms with Crippen LogP contribution in [0.4, 0.5) is 0 Å². The summed E-state index contributed by atoms with van der Waals surface area (Å²) in [7, 11) is 0. The van der Waals surface area contributed by atoms with Crippen LogP contribution in [-0.2, 0) is 9.53 Å². The Labute approximate surface area is 126 Å². The van der Waals surface area contributed by atoms with Crippen LogP contribution in [0.2, 0.25) is 5.02 Å². The van der Waals surface area contributed by atoms with Crippen molar-refractivity contribution in [2.75, 3.05) is 13.1 Å². The Balaban J connectivity index is 0.000000246. The Kier molecular flexibility index (Phi) is 6.76. The summed E-state index contributed by atoms with van der Waals surface area (Å²) in [6.45, 7) is 7.98. The second kappa shape index (κ2) is 8.08. The molecule has 1 aliphatic rings. The molecule has 0 radical (unpaired) electrons. The standard InChI is InChI=1S/C11H12ClN.C5H10O2/c12-11-3-1-9(2-4-11)10-5-7-13-8-6-10;1-5(2,3)7-4-6/h1-5,13H,6-8H2;4H,1-3H3. The van der Waals surface area contributed by atoms with E-state index in [9.17, 15) is 4.79 Å². The van der Waals surface area contributed by atoms with E-state index < -0.39 is 0 Å². The van der Waals surface area contributed by atoms with Gasteiger partial charge in [0.05, 0.1) is 0 Å². The molecule has 110 valence electrons. The van der Waals surface area contributed by atoms with Gasteiger partial charge in [-0.1, -0.05) is 29.8 Å². The number of nitrogens with one attached hydrogen (secondary N) is 1. The number of hydrogen-bond donors (Lipinski definition) is 1. The van der Waals surface area contributed by atoms with E-state index in [0.717, 1.165) is 24.5 Å². The van der Waals surface area contributed by atoms with E-state index in [1.54, 1.807) is 0 Å². The predicted molar refractivity (Wildman–Crippen MR) is 83.8 cm³/mol. The molecule has 2 rings (SSSR count). The highest BCUT2D eigenvalue weighted by Gasteiger charge is 2.07. The Bertz CT molecular complexity index is 447. The summed E-state index contributed by atoms with van der Waals surface area (Å²) < 4.78 is 4.55. The normalized spacial score (nSPS) is 14.7. The third-order valence-electron chi connectivity index (χ3n) is 2.68. The lowest BCUT2D eigenvalue weighted by Crippen LogP contribution is -2.19. The number of hydrogen-bond acceptors (Lipinski definition) is 3. The maximum Gasteiger partial charge on any atom is 0.293 e. The fraction of sp³-hybridized carbons (Fsp3) is 0.438. The van der Waals surface area contributed by atoms with Crippen molar-refractivity contribution in [1.29, 1.82) is 0 Å². The van der Waals surface area contributed by atoms with Gasteiger partial charge in [0.2, 0.25) is 0 Å². The topological polar surface area (TPSA) is 38.3 Å². The highest BCUT2D eigenvalue weighted by molar-refractivity contribution is 6.30. The van der Waals surface area contributed by atoms with Crippen molar-refractivity contribution in [2.24, 2.45) is 0 Å². The van der Waals surface area contributed by atoms with Crippen molar-refractivity contribution in [2.45, 2.75) is 32.8 Å². The van der Waals surface area contributed by atoms with Gasteiger partial charge >= 0.3 is 0 Å². The van der Waals surface area contributed by atoms with Crippen molar-refractivity contribution >= 4 is 23.6 Å². The molecule has 4 heteroatoms. The largest absolute Gasteiger partial charge is 0.462 e. The molecule has 0 unspecified atom stereocenters. The molecule has 3 nitrogen and oxygen atoms in total. The first-order valence-corrected chi connectivity index (χ1v) is 7.07. The summed E-state index contributed by atoms with van der Waals surface area (Å²) in [4.78, 5) is 9.60. The fourth-order valence-electron chi connectivity index (χ4n) is 1.69. The molecule has 1 aromatic carbocycles. The van der Waals surface area contributed by atoms with E-state index in [4.69, 9.17) is 11.6 Å². The number of rotatable bonds is 2. The number of ether oxygens (including phenoxy) is 1. The highest BCUT2D eigenvalue weighted by atomic mass is 35.5. The monoisotopic (exact) mass is 295 g/mol. The van der Waals surface area contributed by atoms with Crippen molar-refractivity contribution < 1.29 is 9.53 Å². The summed E-state index contributed by atoms with van der Waals surface area (Å²) in [6.07, 6.45) is 3.36. The van der Waals surface area contributed by atoms with Crippen LogP contribution < -0.4 is 5.32 Å². The van der Waals surface area contributed by atoms with Gasteiger partial charge in [0.15, 0.2) is 0 Å². The van der Waals surface area contributed by atoms with Gasteiger partial charge in [-0.15, -0.1) is 0 Å². The number of benzene rings is 1. The van der Waals surface area contributed by atoms with Gasteiger partial charge in [-0.2, -0.15) is 0 Å². The predicted octanol–water partition coefficient (Wildman–Crippen LogP) is 3.67. The molecular weight excluding hydrogens is 274 g/mol. The number of carbonyl (C=O) groups is 1. The van der Waals surface area contributed by atoms with Crippen LogP contribution >= 0.6 is 11.6 Å². The summed E-state index contributed by atoms with van der Waals surface area (Å²) in [5.74, 6) is 0. The van der Waals surface area contributed by atoms with Gasteiger partial charge in [0.25, 0.3) is 6.47 Å². The van der Waals surface area contributed by atoms with Gasteiger partial charge in [0.1, 0.15) is 5.60 Å². The lowest BCUT2D eigenvalue weighted by molar-refractivity contribution is -0.138. The summed E-state index contributed by atoms with van der Waals surface area (Å²) in [6, 6.07) is 8.05. The second-order valence-corrected chi connectivity index (χ2v) is 5.95. The molecule has 1 aromatic rings. The average Bonchev–Trinajstić information content (AvgIpc) is 2.40. The second-order valence-electron chi connectivity index (χ2n) is 5.52. The number of carbonyl (C=O) groups excluding carboxylic acids is 1.